The third-order valence-electron chi connectivity index (χ3n) is 2.14. The number of nitrogens with zero attached hydrogens (tertiary/aromatic N) is 2. The van der Waals surface area contributed by atoms with Gasteiger partial charge in [0.2, 0.25) is 0 Å². The number of rotatable bonds is 4. The third-order valence-corrected chi connectivity index (χ3v) is 2.14. The van der Waals surface area contributed by atoms with E-state index in [4.69, 9.17) is 10.5 Å². The van der Waals surface area contributed by atoms with Gasteiger partial charge in [-0.15, -0.1) is 0 Å². The number of nitrogens with two attached hydrogens (primary N) is 1. The van der Waals surface area contributed by atoms with Gasteiger partial charge in [-0.1, -0.05) is 0 Å². The minimum Gasteiger partial charge on any atom is -0.466 e. The van der Waals surface area contributed by atoms with Gasteiger partial charge < -0.3 is 10.5 Å². The minimum atomic E-state index is -0.335. The van der Waals surface area contributed by atoms with Gasteiger partial charge in [0.15, 0.2) is 0 Å². The van der Waals surface area contributed by atoms with Crippen LogP contribution in [0.1, 0.15) is 30.6 Å². The molecule has 0 aromatic carbocycles. The molecule has 0 fully saturated rings. The normalized spacial score (nSPS) is 12.5. The molecule has 1 rings (SSSR count). The second-order valence-electron chi connectivity index (χ2n) is 3.46. The lowest BCUT2D eigenvalue weighted by molar-refractivity contribution is -0.143. The van der Waals surface area contributed by atoms with Gasteiger partial charge in [0.1, 0.15) is 0 Å². The van der Waals surface area contributed by atoms with Gasteiger partial charge in [0, 0.05) is 24.8 Å². The summed E-state index contributed by atoms with van der Waals surface area (Å²) in [6.07, 6.45) is 2.03. The van der Waals surface area contributed by atoms with Crippen molar-refractivity contribution in [2.45, 2.75) is 26.3 Å². The fourth-order valence-corrected chi connectivity index (χ4v) is 1.49. The molecule has 2 N–H and O–H groups in total. The molecule has 0 aliphatic heterocycles. The highest BCUT2D eigenvalue weighted by atomic mass is 16.5. The van der Waals surface area contributed by atoms with E-state index < -0.39 is 0 Å². The Kier molecular flexibility index (Phi) is 3.85. The first-order chi connectivity index (χ1) is 7.04. The standard InChI is InChI=1S/C10H17N3O2/c1-4-15-10(14)5-9(11)8-6-13(3)12-7(8)2/h6,9H,4-5,11H2,1-3H3. The summed E-state index contributed by atoms with van der Waals surface area (Å²) in [5, 5.41) is 4.17. The van der Waals surface area contributed by atoms with E-state index in [2.05, 4.69) is 5.10 Å². The average molecular weight is 211 g/mol. The Morgan fingerprint density at radius 1 is 1.73 bits per heavy atom. The van der Waals surface area contributed by atoms with E-state index in [0.717, 1.165) is 11.3 Å². The van der Waals surface area contributed by atoms with E-state index >= 15 is 0 Å². The van der Waals surface area contributed by atoms with Crippen LogP contribution in [-0.4, -0.2) is 22.4 Å². The van der Waals surface area contributed by atoms with E-state index in [1.807, 2.05) is 20.2 Å². The number of aromatic nitrogens is 2. The molecule has 5 nitrogen and oxygen atoms in total. The molecule has 15 heavy (non-hydrogen) atoms. The number of hydrogen-bond donors (Lipinski definition) is 1. The summed E-state index contributed by atoms with van der Waals surface area (Å²) < 4.78 is 6.52. The van der Waals surface area contributed by atoms with Crippen molar-refractivity contribution in [2.75, 3.05) is 6.61 Å². The van der Waals surface area contributed by atoms with E-state index in [-0.39, 0.29) is 18.4 Å². The highest BCUT2D eigenvalue weighted by Gasteiger charge is 2.16. The first-order valence-corrected chi connectivity index (χ1v) is 4.96. The van der Waals surface area contributed by atoms with E-state index in [9.17, 15) is 4.79 Å². The summed E-state index contributed by atoms with van der Waals surface area (Å²) in [6, 6.07) is -0.335. The van der Waals surface area contributed by atoms with E-state index in [0.29, 0.717) is 6.61 Å². The van der Waals surface area contributed by atoms with Crippen molar-refractivity contribution in [3.8, 4) is 0 Å². The molecule has 0 amide bonds. The fraction of sp³-hybridized carbons (Fsp3) is 0.600. The summed E-state index contributed by atoms with van der Waals surface area (Å²) in [5.74, 6) is -0.270. The Balaban J connectivity index is 2.64. The van der Waals surface area contributed by atoms with E-state index in [1.54, 1.807) is 11.6 Å². The van der Waals surface area contributed by atoms with Gasteiger partial charge in [-0.2, -0.15) is 5.10 Å². The van der Waals surface area contributed by atoms with Crippen molar-refractivity contribution in [3.05, 3.63) is 17.5 Å². The van der Waals surface area contributed by atoms with Crippen LogP contribution < -0.4 is 5.73 Å². The van der Waals surface area contributed by atoms with Gasteiger partial charge in [-0.3, -0.25) is 9.48 Å². The minimum absolute atomic E-state index is 0.195. The molecular formula is C10H17N3O2. The molecule has 1 heterocycles. The maximum atomic E-state index is 11.2. The van der Waals surface area contributed by atoms with Crippen molar-refractivity contribution in [1.82, 2.24) is 9.78 Å². The Bertz CT molecular complexity index is 346. The smallest absolute Gasteiger partial charge is 0.307 e. The van der Waals surface area contributed by atoms with Crippen molar-refractivity contribution in [2.24, 2.45) is 12.8 Å². The second-order valence-corrected chi connectivity index (χ2v) is 3.46. The van der Waals surface area contributed by atoms with Crippen LogP contribution in [0.2, 0.25) is 0 Å². The molecule has 1 atom stereocenters. The zero-order valence-electron chi connectivity index (χ0n) is 9.36. The molecule has 0 spiro atoms. The lowest BCUT2D eigenvalue weighted by Crippen LogP contribution is -2.17. The van der Waals surface area contributed by atoms with Gasteiger partial charge in [-0.25, -0.2) is 0 Å². The molecule has 0 aliphatic carbocycles. The summed E-state index contributed by atoms with van der Waals surface area (Å²) in [7, 11) is 1.83. The molecule has 1 aromatic heterocycles. The largest absolute Gasteiger partial charge is 0.466 e. The van der Waals surface area contributed by atoms with Crippen LogP contribution in [0.4, 0.5) is 0 Å². The Hall–Kier alpha value is -1.36. The molecule has 1 aromatic rings. The number of carbonyl (C=O) groups is 1. The van der Waals surface area contributed by atoms with Gasteiger partial charge in [0.05, 0.1) is 18.7 Å². The second kappa shape index (κ2) is 4.93. The molecule has 0 saturated heterocycles. The molecular weight excluding hydrogens is 194 g/mol. The Morgan fingerprint density at radius 2 is 2.40 bits per heavy atom. The van der Waals surface area contributed by atoms with Gasteiger partial charge in [0.25, 0.3) is 0 Å². The van der Waals surface area contributed by atoms with Crippen molar-refractivity contribution >= 4 is 5.97 Å². The molecule has 84 valence electrons. The predicted molar refractivity (Wildman–Crippen MR) is 56.1 cm³/mol. The SMILES string of the molecule is CCOC(=O)CC(N)c1cn(C)nc1C. The van der Waals surface area contributed by atoms with Crippen LogP contribution in [0, 0.1) is 6.92 Å². The summed E-state index contributed by atoms with van der Waals surface area (Å²) in [4.78, 5) is 11.2. The van der Waals surface area contributed by atoms with Crippen molar-refractivity contribution in [3.63, 3.8) is 0 Å². The first kappa shape index (κ1) is 11.7. The number of hydrogen-bond acceptors (Lipinski definition) is 4. The number of carbonyl (C=O) groups excluding carboxylic acids is 1. The van der Waals surface area contributed by atoms with Crippen LogP contribution in [0.3, 0.4) is 0 Å². The summed E-state index contributed by atoms with van der Waals surface area (Å²) in [6.45, 7) is 4.04. The quantitative estimate of drug-likeness (QED) is 0.743. The molecule has 0 bridgehead atoms. The highest BCUT2D eigenvalue weighted by molar-refractivity contribution is 5.70. The van der Waals surface area contributed by atoms with Crippen LogP contribution in [0.5, 0.6) is 0 Å². The third kappa shape index (κ3) is 3.06. The molecule has 0 radical (unpaired) electrons. The Labute approximate surface area is 89.2 Å². The zero-order valence-corrected chi connectivity index (χ0v) is 9.36. The molecule has 0 saturated carbocycles. The first-order valence-electron chi connectivity index (χ1n) is 4.96. The van der Waals surface area contributed by atoms with E-state index in [1.165, 1.54) is 0 Å². The molecule has 1 unspecified atom stereocenters. The monoisotopic (exact) mass is 211 g/mol. The lowest BCUT2D eigenvalue weighted by Gasteiger charge is -2.09. The maximum Gasteiger partial charge on any atom is 0.307 e. The molecule has 0 aliphatic rings. The maximum absolute atomic E-state index is 11.2. The fourth-order valence-electron chi connectivity index (χ4n) is 1.49. The summed E-state index contributed by atoms with van der Waals surface area (Å²) >= 11 is 0. The number of aryl methyl sites for hydroxylation is 2. The van der Waals surface area contributed by atoms with Crippen LogP contribution in [-0.2, 0) is 16.6 Å². The lowest BCUT2D eigenvalue weighted by atomic mass is 10.1. The number of ether oxygens (including phenoxy) is 1. The molecule has 5 heteroatoms. The van der Waals surface area contributed by atoms with Crippen LogP contribution in [0.25, 0.3) is 0 Å². The predicted octanol–water partition coefficient (Wildman–Crippen LogP) is 0.682. The zero-order chi connectivity index (χ0) is 11.4. The summed E-state index contributed by atoms with van der Waals surface area (Å²) in [5.41, 5.74) is 7.64. The van der Waals surface area contributed by atoms with Crippen LogP contribution >= 0.6 is 0 Å². The van der Waals surface area contributed by atoms with Crippen molar-refractivity contribution in [1.29, 1.82) is 0 Å². The van der Waals surface area contributed by atoms with Gasteiger partial charge in [-0.05, 0) is 13.8 Å². The highest BCUT2D eigenvalue weighted by Crippen LogP contribution is 2.17. The average Bonchev–Trinajstić information content (AvgIpc) is 2.45. The topological polar surface area (TPSA) is 70.1 Å². The van der Waals surface area contributed by atoms with Crippen molar-refractivity contribution < 1.29 is 9.53 Å². The number of esters is 1. The van der Waals surface area contributed by atoms with Crippen LogP contribution in [0.15, 0.2) is 6.20 Å². The van der Waals surface area contributed by atoms with Gasteiger partial charge >= 0.3 is 5.97 Å². The Morgan fingerprint density at radius 3 is 2.87 bits per heavy atom.